The Hall–Kier alpha value is -0.640. The topological polar surface area (TPSA) is 37.8 Å². The summed E-state index contributed by atoms with van der Waals surface area (Å²) in [6.07, 6.45) is 5.87. The van der Waals surface area contributed by atoms with Gasteiger partial charge in [-0.3, -0.25) is 0 Å². The minimum absolute atomic E-state index is 0.543. The molecule has 0 radical (unpaired) electrons. The van der Waals surface area contributed by atoms with Gasteiger partial charge in [0.15, 0.2) is 0 Å². The van der Waals surface area contributed by atoms with E-state index in [4.69, 9.17) is 9.97 Å². The van der Waals surface area contributed by atoms with Crippen molar-refractivity contribution in [2.75, 3.05) is 11.9 Å². The Morgan fingerprint density at radius 3 is 2.62 bits per heavy atom. The first-order valence-electron chi connectivity index (χ1n) is 8.31. The number of nitrogens with zero attached hydrogens (tertiary/aromatic N) is 2. The van der Waals surface area contributed by atoms with Crippen LogP contribution in [0.4, 0.5) is 5.82 Å². The Balaban J connectivity index is 2.30. The van der Waals surface area contributed by atoms with E-state index in [-0.39, 0.29) is 0 Å². The molecule has 1 aliphatic rings. The fraction of sp³-hybridized carbons (Fsp3) is 0.765. The number of halogens is 1. The predicted octanol–water partition coefficient (Wildman–Crippen LogP) is 5.16. The van der Waals surface area contributed by atoms with E-state index in [1.54, 1.807) is 0 Å². The summed E-state index contributed by atoms with van der Waals surface area (Å²) in [5, 5.41) is 3.45. The lowest BCUT2D eigenvalue weighted by molar-refractivity contribution is 0.577. The smallest absolute Gasteiger partial charge is 0.144 e. The zero-order valence-corrected chi connectivity index (χ0v) is 15.3. The van der Waals surface area contributed by atoms with Crippen LogP contribution in [-0.2, 0) is 6.42 Å². The molecule has 1 aliphatic carbocycles. The summed E-state index contributed by atoms with van der Waals surface area (Å²) < 4.78 is 1.06. The van der Waals surface area contributed by atoms with Gasteiger partial charge >= 0.3 is 0 Å². The van der Waals surface area contributed by atoms with Crippen LogP contribution < -0.4 is 5.32 Å². The molecule has 0 bridgehead atoms. The van der Waals surface area contributed by atoms with Crippen LogP contribution in [0.25, 0.3) is 0 Å². The number of hydrogen-bond donors (Lipinski definition) is 1. The van der Waals surface area contributed by atoms with Crippen molar-refractivity contribution in [3.05, 3.63) is 16.0 Å². The lowest BCUT2D eigenvalue weighted by Gasteiger charge is -2.16. The summed E-state index contributed by atoms with van der Waals surface area (Å²) in [7, 11) is 0. The molecular weight excluding hydrogens is 326 g/mol. The first kappa shape index (κ1) is 16.7. The summed E-state index contributed by atoms with van der Waals surface area (Å²) in [5.74, 6) is 3.99. The first-order valence-corrected chi connectivity index (χ1v) is 9.10. The van der Waals surface area contributed by atoms with E-state index in [1.165, 1.54) is 19.3 Å². The third-order valence-corrected chi connectivity index (χ3v) is 4.97. The molecule has 1 N–H and O–H groups in total. The summed E-state index contributed by atoms with van der Waals surface area (Å²) in [4.78, 5) is 9.72. The highest BCUT2D eigenvalue weighted by molar-refractivity contribution is 9.10. The van der Waals surface area contributed by atoms with Crippen molar-refractivity contribution >= 4 is 21.7 Å². The van der Waals surface area contributed by atoms with Gasteiger partial charge in [0.05, 0.1) is 10.2 Å². The van der Waals surface area contributed by atoms with Gasteiger partial charge in [0.2, 0.25) is 0 Å². The number of anilines is 1. The van der Waals surface area contributed by atoms with Crippen molar-refractivity contribution in [2.45, 2.75) is 65.7 Å². The largest absolute Gasteiger partial charge is 0.369 e. The van der Waals surface area contributed by atoms with Crippen molar-refractivity contribution in [2.24, 2.45) is 11.8 Å². The second-order valence-corrected chi connectivity index (χ2v) is 7.62. The van der Waals surface area contributed by atoms with Crippen molar-refractivity contribution < 1.29 is 0 Å². The summed E-state index contributed by atoms with van der Waals surface area (Å²) >= 11 is 3.71. The average Bonchev–Trinajstić information content (AvgIpc) is 2.86. The van der Waals surface area contributed by atoms with Crippen molar-refractivity contribution in [1.82, 2.24) is 9.97 Å². The van der Waals surface area contributed by atoms with Gasteiger partial charge in [0.25, 0.3) is 0 Å². The Bertz CT molecular complexity index is 473. The van der Waals surface area contributed by atoms with E-state index < -0.39 is 0 Å². The van der Waals surface area contributed by atoms with E-state index >= 15 is 0 Å². The zero-order valence-electron chi connectivity index (χ0n) is 13.7. The molecule has 4 heteroatoms. The molecule has 1 aromatic rings. The molecule has 2 rings (SSSR count). The van der Waals surface area contributed by atoms with Crippen LogP contribution in [0.1, 0.15) is 70.8 Å². The molecule has 1 fully saturated rings. The predicted molar refractivity (Wildman–Crippen MR) is 92.8 cm³/mol. The molecule has 0 aromatic carbocycles. The molecule has 118 valence electrons. The summed E-state index contributed by atoms with van der Waals surface area (Å²) in [5.41, 5.74) is 1.16. The highest BCUT2D eigenvalue weighted by Crippen LogP contribution is 2.38. The fourth-order valence-electron chi connectivity index (χ4n) is 3.02. The van der Waals surface area contributed by atoms with Gasteiger partial charge in [0, 0.05) is 12.5 Å². The number of nitrogens with one attached hydrogen (secondary N) is 1. The Morgan fingerprint density at radius 1 is 1.29 bits per heavy atom. The second kappa shape index (κ2) is 7.57. The molecule has 0 amide bonds. The quantitative estimate of drug-likeness (QED) is 0.766. The van der Waals surface area contributed by atoms with Crippen LogP contribution in [-0.4, -0.2) is 16.5 Å². The summed E-state index contributed by atoms with van der Waals surface area (Å²) in [6, 6.07) is 0. The molecule has 21 heavy (non-hydrogen) atoms. The maximum Gasteiger partial charge on any atom is 0.144 e. The standard InChI is InChI=1S/C17H28BrN3/c1-5-8-19-17-15(18)14(9-11(2)3)20-16(21-17)13-7-6-12(4)10-13/h11-13H,5-10H2,1-4H3,(H,19,20,21). The molecule has 2 unspecified atom stereocenters. The van der Waals surface area contributed by atoms with Gasteiger partial charge in [-0.15, -0.1) is 0 Å². The van der Waals surface area contributed by atoms with Crippen LogP contribution in [0.15, 0.2) is 4.47 Å². The monoisotopic (exact) mass is 353 g/mol. The third-order valence-electron chi connectivity index (χ3n) is 4.14. The maximum atomic E-state index is 4.90. The number of rotatable bonds is 6. The molecule has 0 spiro atoms. The van der Waals surface area contributed by atoms with Crippen LogP contribution in [0.5, 0.6) is 0 Å². The average molecular weight is 354 g/mol. The molecule has 1 saturated carbocycles. The van der Waals surface area contributed by atoms with E-state index in [2.05, 4.69) is 48.9 Å². The molecule has 0 saturated heterocycles. The third kappa shape index (κ3) is 4.41. The Morgan fingerprint density at radius 2 is 2.05 bits per heavy atom. The van der Waals surface area contributed by atoms with Crippen LogP contribution >= 0.6 is 15.9 Å². The lowest BCUT2D eigenvalue weighted by atomic mass is 10.0. The Labute approximate surface area is 137 Å². The Kier molecular flexibility index (Phi) is 6.03. The normalized spacial score (nSPS) is 22.0. The maximum absolute atomic E-state index is 4.90. The fourth-order valence-corrected chi connectivity index (χ4v) is 3.50. The van der Waals surface area contributed by atoms with E-state index in [1.807, 2.05) is 0 Å². The second-order valence-electron chi connectivity index (χ2n) is 6.83. The van der Waals surface area contributed by atoms with Gasteiger partial charge in [-0.05, 0) is 59.9 Å². The summed E-state index contributed by atoms with van der Waals surface area (Å²) in [6.45, 7) is 9.95. The van der Waals surface area contributed by atoms with Gasteiger partial charge in [-0.25, -0.2) is 9.97 Å². The van der Waals surface area contributed by atoms with Crippen molar-refractivity contribution in [3.63, 3.8) is 0 Å². The van der Waals surface area contributed by atoms with Gasteiger partial charge in [0.1, 0.15) is 11.6 Å². The zero-order chi connectivity index (χ0) is 15.4. The highest BCUT2D eigenvalue weighted by Gasteiger charge is 2.26. The lowest BCUT2D eigenvalue weighted by Crippen LogP contribution is -2.12. The molecule has 1 aromatic heterocycles. The van der Waals surface area contributed by atoms with Crippen LogP contribution in [0, 0.1) is 11.8 Å². The van der Waals surface area contributed by atoms with Gasteiger partial charge < -0.3 is 5.32 Å². The van der Waals surface area contributed by atoms with Crippen molar-refractivity contribution in [3.8, 4) is 0 Å². The number of aromatic nitrogens is 2. The molecule has 2 atom stereocenters. The SMILES string of the molecule is CCCNc1nc(C2CCC(C)C2)nc(CC(C)C)c1Br. The van der Waals surface area contributed by atoms with E-state index in [0.29, 0.717) is 11.8 Å². The van der Waals surface area contributed by atoms with Gasteiger partial charge in [-0.1, -0.05) is 27.7 Å². The molecule has 1 heterocycles. The number of hydrogen-bond acceptors (Lipinski definition) is 3. The van der Waals surface area contributed by atoms with E-state index in [9.17, 15) is 0 Å². The minimum atomic E-state index is 0.543. The molecular formula is C17H28BrN3. The van der Waals surface area contributed by atoms with Crippen LogP contribution in [0.2, 0.25) is 0 Å². The highest BCUT2D eigenvalue weighted by atomic mass is 79.9. The van der Waals surface area contributed by atoms with Crippen LogP contribution in [0.3, 0.4) is 0 Å². The minimum Gasteiger partial charge on any atom is -0.369 e. The molecule has 0 aliphatic heterocycles. The van der Waals surface area contributed by atoms with Crippen molar-refractivity contribution in [1.29, 1.82) is 0 Å². The first-order chi connectivity index (χ1) is 10.0. The van der Waals surface area contributed by atoms with E-state index in [0.717, 1.165) is 47.1 Å². The molecule has 3 nitrogen and oxygen atoms in total. The van der Waals surface area contributed by atoms with Gasteiger partial charge in [-0.2, -0.15) is 0 Å².